The summed E-state index contributed by atoms with van der Waals surface area (Å²) in [7, 11) is 0. The average molecular weight is 236 g/mol. The van der Waals surface area contributed by atoms with Crippen molar-refractivity contribution in [3.8, 4) is 0 Å². The van der Waals surface area contributed by atoms with Gasteiger partial charge in [0.05, 0.1) is 6.26 Å². The second-order valence-electron chi connectivity index (χ2n) is 4.33. The fraction of sp³-hybridized carbons (Fsp3) is 0.583. The van der Waals surface area contributed by atoms with E-state index in [1.165, 1.54) is 25.7 Å². The molecule has 0 aromatic carbocycles. The van der Waals surface area contributed by atoms with Gasteiger partial charge in [-0.25, -0.2) is 5.84 Å². The molecule has 5 heteroatoms. The molecule has 1 aromatic rings. The smallest absolute Gasteiger partial charge is 0.205 e. The lowest BCUT2D eigenvalue weighted by Gasteiger charge is -2.14. The molecule has 4 N–H and O–H groups in total. The molecule has 0 saturated heterocycles. The Bertz CT molecular complexity index is 341. The van der Waals surface area contributed by atoms with Crippen LogP contribution in [0.2, 0.25) is 0 Å². The Labute approximate surface area is 101 Å². The molecule has 0 unspecified atom stereocenters. The maximum absolute atomic E-state index is 5.44. The van der Waals surface area contributed by atoms with E-state index >= 15 is 0 Å². The molecule has 1 heterocycles. The molecule has 1 saturated carbocycles. The molecule has 1 aromatic heterocycles. The van der Waals surface area contributed by atoms with Crippen LogP contribution in [0.3, 0.4) is 0 Å². The summed E-state index contributed by atoms with van der Waals surface area (Å²) >= 11 is 0. The first-order valence-electron chi connectivity index (χ1n) is 6.18. The molecule has 0 radical (unpaired) electrons. The molecular weight excluding hydrogens is 216 g/mol. The van der Waals surface area contributed by atoms with Gasteiger partial charge in [-0.05, 0) is 25.0 Å². The van der Waals surface area contributed by atoms with Crippen molar-refractivity contribution in [2.24, 2.45) is 10.8 Å². The van der Waals surface area contributed by atoms with E-state index in [-0.39, 0.29) is 0 Å². The number of hydrogen-bond acceptors (Lipinski definition) is 3. The Balaban J connectivity index is 1.76. The van der Waals surface area contributed by atoms with Crippen LogP contribution in [0.1, 0.15) is 31.4 Å². The van der Waals surface area contributed by atoms with Crippen molar-refractivity contribution in [2.45, 2.75) is 38.1 Å². The van der Waals surface area contributed by atoms with Crippen molar-refractivity contribution in [3.05, 3.63) is 24.2 Å². The lowest BCUT2D eigenvalue weighted by molar-refractivity contribution is 0.510. The highest BCUT2D eigenvalue weighted by Gasteiger charge is 2.15. The van der Waals surface area contributed by atoms with Crippen molar-refractivity contribution >= 4 is 5.96 Å². The van der Waals surface area contributed by atoms with Gasteiger partial charge < -0.3 is 9.73 Å². The minimum absolute atomic E-state index is 0.522. The number of rotatable bonds is 4. The molecule has 17 heavy (non-hydrogen) atoms. The second-order valence-corrected chi connectivity index (χ2v) is 4.33. The third kappa shape index (κ3) is 3.78. The van der Waals surface area contributed by atoms with E-state index in [0.29, 0.717) is 18.5 Å². The minimum atomic E-state index is 0.522. The number of hydrazine groups is 1. The molecule has 94 valence electrons. The maximum atomic E-state index is 5.44. The van der Waals surface area contributed by atoms with Crippen LogP contribution in [-0.4, -0.2) is 18.5 Å². The highest BCUT2D eigenvalue weighted by atomic mass is 16.3. The SMILES string of the molecule is NNC(=NCCc1ccco1)NC1CCCC1. The van der Waals surface area contributed by atoms with E-state index in [4.69, 9.17) is 10.3 Å². The van der Waals surface area contributed by atoms with E-state index in [9.17, 15) is 0 Å². The van der Waals surface area contributed by atoms with Gasteiger partial charge in [0.2, 0.25) is 5.96 Å². The number of aliphatic imine (C=N–C) groups is 1. The molecule has 5 nitrogen and oxygen atoms in total. The average Bonchev–Trinajstić information content (AvgIpc) is 3.00. The molecule has 0 amide bonds. The predicted molar refractivity (Wildman–Crippen MR) is 67.4 cm³/mol. The normalized spacial score (nSPS) is 17.4. The first kappa shape index (κ1) is 12.0. The number of hydrogen-bond donors (Lipinski definition) is 3. The third-order valence-corrected chi connectivity index (χ3v) is 3.04. The minimum Gasteiger partial charge on any atom is -0.469 e. The Morgan fingerprint density at radius 3 is 2.94 bits per heavy atom. The van der Waals surface area contributed by atoms with Crippen LogP contribution in [-0.2, 0) is 6.42 Å². The standard InChI is InChI=1S/C12H20N4O/c13-16-12(15-10-4-1-2-5-10)14-8-7-11-6-3-9-17-11/h3,6,9-10H,1-2,4-5,7-8,13H2,(H2,14,15,16). The van der Waals surface area contributed by atoms with E-state index < -0.39 is 0 Å². The molecule has 1 aliphatic carbocycles. The van der Waals surface area contributed by atoms with Crippen LogP contribution < -0.4 is 16.6 Å². The van der Waals surface area contributed by atoms with Crippen molar-refractivity contribution in [1.29, 1.82) is 0 Å². The summed E-state index contributed by atoms with van der Waals surface area (Å²) in [4.78, 5) is 4.39. The van der Waals surface area contributed by atoms with Gasteiger partial charge in [0.15, 0.2) is 0 Å². The van der Waals surface area contributed by atoms with Gasteiger partial charge in [-0.15, -0.1) is 0 Å². The first-order valence-corrected chi connectivity index (χ1v) is 6.18. The first-order chi connectivity index (χ1) is 8.38. The zero-order chi connectivity index (χ0) is 11.9. The van der Waals surface area contributed by atoms with Gasteiger partial charge in [-0.2, -0.15) is 0 Å². The Hall–Kier alpha value is -1.49. The molecule has 0 atom stereocenters. The van der Waals surface area contributed by atoms with Crippen LogP contribution in [0.25, 0.3) is 0 Å². The van der Waals surface area contributed by atoms with E-state index in [1.54, 1.807) is 6.26 Å². The van der Waals surface area contributed by atoms with Gasteiger partial charge in [0.1, 0.15) is 5.76 Å². The molecule has 1 aliphatic rings. The van der Waals surface area contributed by atoms with Crippen LogP contribution in [0.15, 0.2) is 27.8 Å². The highest BCUT2D eigenvalue weighted by molar-refractivity contribution is 5.79. The van der Waals surface area contributed by atoms with E-state index in [2.05, 4.69) is 15.7 Å². The summed E-state index contributed by atoms with van der Waals surface area (Å²) in [6.07, 6.45) is 7.48. The van der Waals surface area contributed by atoms with E-state index in [0.717, 1.165) is 12.2 Å². The van der Waals surface area contributed by atoms with Crippen molar-refractivity contribution in [3.63, 3.8) is 0 Å². The predicted octanol–water partition coefficient (Wildman–Crippen LogP) is 1.17. The van der Waals surface area contributed by atoms with Crippen LogP contribution >= 0.6 is 0 Å². The Kier molecular flexibility index (Phi) is 4.44. The van der Waals surface area contributed by atoms with Gasteiger partial charge in [0.25, 0.3) is 0 Å². The monoisotopic (exact) mass is 236 g/mol. The summed E-state index contributed by atoms with van der Waals surface area (Å²) in [6.45, 7) is 0.673. The fourth-order valence-electron chi connectivity index (χ4n) is 2.13. The second kappa shape index (κ2) is 6.30. The van der Waals surface area contributed by atoms with Crippen molar-refractivity contribution in [2.75, 3.05) is 6.54 Å². The third-order valence-electron chi connectivity index (χ3n) is 3.04. The lowest BCUT2D eigenvalue weighted by atomic mass is 10.2. The number of furan rings is 1. The molecule has 0 bridgehead atoms. The van der Waals surface area contributed by atoms with Gasteiger partial charge in [-0.1, -0.05) is 12.8 Å². The van der Waals surface area contributed by atoms with Gasteiger partial charge in [0, 0.05) is 19.0 Å². The Morgan fingerprint density at radius 1 is 1.47 bits per heavy atom. The van der Waals surface area contributed by atoms with Gasteiger partial charge >= 0.3 is 0 Å². The number of nitrogens with one attached hydrogen (secondary N) is 2. The highest BCUT2D eigenvalue weighted by Crippen LogP contribution is 2.17. The number of guanidine groups is 1. The summed E-state index contributed by atoms with van der Waals surface area (Å²) < 4.78 is 5.24. The molecule has 0 aliphatic heterocycles. The topological polar surface area (TPSA) is 75.6 Å². The summed E-state index contributed by atoms with van der Waals surface area (Å²) in [6, 6.07) is 4.36. The number of nitrogens with two attached hydrogens (primary N) is 1. The van der Waals surface area contributed by atoms with E-state index in [1.807, 2.05) is 12.1 Å². The maximum Gasteiger partial charge on any atom is 0.205 e. The summed E-state index contributed by atoms with van der Waals surface area (Å²) in [5.41, 5.74) is 2.62. The zero-order valence-electron chi connectivity index (χ0n) is 9.98. The van der Waals surface area contributed by atoms with Crippen LogP contribution in [0.5, 0.6) is 0 Å². The molecule has 1 fully saturated rings. The quantitative estimate of drug-likeness (QED) is 0.317. The van der Waals surface area contributed by atoms with Crippen molar-refractivity contribution in [1.82, 2.24) is 10.7 Å². The lowest BCUT2D eigenvalue weighted by Crippen LogP contribution is -2.45. The van der Waals surface area contributed by atoms with Crippen LogP contribution in [0, 0.1) is 0 Å². The summed E-state index contributed by atoms with van der Waals surface area (Å²) in [5, 5.41) is 3.33. The Morgan fingerprint density at radius 2 is 2.29 bits per heavy atom. The largest absolute Gasteiger partial charge is 0.469 e. The number of nitrogens with zero attached hydrogens (tertiary/aromatic N) is 1. The molecule has 0 spiro atoms. The van der Waals surface area contributed by atoms with Gasteiger partial charge in [-0.3, -0.25) is 10.4 Å². The zero-order valence-corrected chi connectivity index (χ0v) is 9.98. The summed E-state index contributed by atoms with van der Waals surface area (Å²) in [5.74, 6) is 7.08. The molecule has 2 rings (SSSR count). The van der Waals surface area contributed by atoms with Crippen LogP contribution in [0.4, 0.5) is 0 Å². The fourth-order valence-corrected chi connectivity index (χ4v) is 2.13. The van der Waals surface area contributed by atoms with Crippen molar-refractivity contribution < 1.29 is 4.42 Å². The molecular formula is C12H20N4O.